The highest BCUT2D eigenvalue weighted by atomic mass is 16.6. The number of aromatic nitrogens is 2. The van der Waals surface area contributed by atoms with E-state index in [-0.39, 0.29) is 0 Å². The molecule has 1 heterocycles. The Morgan fingerprint density at radius 1 is 1.53 bits per heavy atom. The number of hydrogen-bond acceptors (Lipinski definition) is 2. The number of carbonyl (C=O) groups is 1. The number of nitrogens with zero attached hydrogens (tertiary/aromatic N) is 2. The third-order valence-corrected chi connectivity index (χ3v) is 2.01. The Morgan fingerprint density at radius 3 is 2.53 bits per heavy atom. The lowest BCUT2D eigenvalue weighted by molar-refractivity contribution is 0.137. The molecule has 0 spiro atoms. The van der Waals surface area contributed by atoms with Crippen molar-refractivity contribution >= 4 is 6.16 Å². The van der Waals surface area contributed by atoms with Crippen LogP contribution in [0.4, 0.5) is 4.79 Å². The van der Waals surface area contributed by atoms with Crippen molar-refractivity contribution in [2.75, 3.05) is 0 Å². The second kappa shape index (κ2) is 7.84. The van der Waals surface area contributed by atoms with Crippen molar-refractivity contribution in [3.05, 3.63) is 18.7 Å². The number of rotatable bonds is 4. The minimum Gasteiger partial charge on any atom is -0.450 e. The van der Waals surface area contributed by atoms with Gasteiger partial charge in [0.2, 0.25) is 0 Å². The largest absolute Gasteiger partial charge is 0.503 e. The summed E-state index contributed by atoms with van der Waals surface area (Å²) in [6.07, 6.45) is 7.76. The van der Waals surface area contributed by atoms with Gasteiger partial charge in [-0.05, 0) is 13.3 Å². The average Bonchev–Trinajstić information content (AvgIpc) is 2.66. The summed E-state index contributed by atoms with van der Waals surface area (Å²) in [6, 6.07) is 0.609. The smallest absolute Gasteiger partial charge is 0.450 e. The molecule has 1 rings (SSSR count). The van der Waals surface area contributed by atoms with Crippen LogP contribution in [0, 0.1) is 0 Å². The molecule has 0 fully saturated rings. The Kier molecular flexibility index (Phi) is 7.05. The van der Waals surface area contributed by atoms with Gasteiger partial charge in [0.1, 0.15) is 0 Å². The Bertz CT molecular complexity index is 256. The van der Waals surface area contributed by atoms with Crippen molar-refractivity contribution in [2.24, 2.45) is 0 Å². The van der Waals surface area contributed by atoms with Crippen LogP contribution in [0.5, 0.6) is 0 Å². The van der Waals surface area contributed by atoms with E-state index in [0.717, 1.165) is 0 Å². The van der Waals surface area contributed by atoms with Gasteiger partial charge in [-0.2, -0.15) is 0 Å². The molecular formula is C10H18N2O3. The normalized spacial score (nSPS) is 11.3. The summed E-state index contributed by atoms with van der Waals surface area (Å²) < 4.78 is 2.16. The fourth-order valence-corrected chi connectivity index (χ4v) is 1.18. The number of unbranched alkanes of at least 4 members (excludes halogenated alkanes) is 1. The standard InChI is InChI=1S/C9H16N2.CH2O3/c1-3-4-5-9(2)11-7-6-10-8-11;2-1(3)4/h6-9H,3-5H2,1-2H3;(H2,2,3,4). The van der Waals surface area contributed by atoms with Crippen LogP contribution < -0.4 is 0 Å². The molecule has 5 nitrogen and oxygen atoms in total. The van der Waals surface area contributed by atoms with E-state index in [1.54, 1.807) is 0 Å². The number of hydrogen-bond donors (Lipinski definition) is 2. The van der Waals surface area contributed by atoms with Crippen molar-refractivity contribution < 1.29 is 15.0 Å². The fourth-order valence-electron chi connectivity index (χ4n) is 1.18. The molecule has 86 valence electrons. The monoisotopic (exact) mass is 214 g/mol. The van der Waals surface area contributed by atoms with E-state index in [0.29, 0.717) is 6.04 Å². The summed E-state index contributed by atoms with van der Waals surface area (Å²) in [5.41, 5.74) is 0. The van der Waals surface area contributed by atoms with Crippen molar-refractivity contribution in [2.45, 2.75) is 39.2 Å². The zero-order chi connectivity index (χ0) is 11.7. The van der Waals surface area contributed by atoms with Crippen LogP contribution in [0.25, 0.3) is 0 Å². The molecule has 0 aromatic carbocycles. The van der Waals surface area contributed by atoms with Crippen molar-refractivity contribution in [3.63, 3.8) is 0 Å². The van der Waals surface area contributed by atoms with Gasteiger partial charge in [-0.3, -0.25) is 0 Å². The molecule has 2 N–H and O–H groups in total. The maximum absolute atomic E-state index is 8.56. The molecule has 15 heavy (non-hydrogen) atoms. The first-order valence-electron chi connectivity index (χ1n) is 4.97. The van der Waals surface area contributed by atoms with Gasteiger partial charge in [0, 0.05) is 18.4 Å². The zero-order valence-electron chi connectivity index (χ0n) is 9.13. The van der Waals surface area contributed by atoms with Crippen molar-refractivity contribution in [1.29, 1.82) is 0 Å². The van der Waals surface area contributed by atoms with E-state index >= 15 is 0 Å². The minimum absolute atomic E-state index is 0.609. The van der Waals surface area contributed by atoms with Gasteiger partial charge in [-0.15, -0.1) is 0 Å². The number of imidazole rings is 1. The van der Waals surface area contributed by atoms with Crippen LogP contribution in [-0.4, -0.2) is 25.9 Å². The molecule has 0 saturated carbocycles. The van der Waals surface area contributed by atoms with Crippen LogP contribution in [0.3, 0.4) is 0 Å². The molecule has 0 amide bonds. The summed E-state index contributed by atoms with van der Waals surface area (Å²) >= 11 is 0. The van der Waals surface area contributed by atoms with Crippen molar-refractivity contribution in [3.8, 4) is 0 Å². The molecule has 0 aliphatic heterocycles. The second-order valence-corrected chi connectivity index (χ2v) is 3.28. The van der Waals surface area contributed by atoms with Crippen molar-refractivity contribution in [1.82, 2.24) is 9.55 Å². The van der Waals surface area contributed by atoms with E-state index in [2.05, 4.69) is 23.4 Å². The maximum Gasteiger partial charge on any atom is 0.503 e. The fraction of sp³-hybridized carbons (Fsp3) is 0.600. The van der Waals surface area contributed by atoms with Gasteiger partial charge in [0.15, 0.2) is 0 Å². The predicted octanol–water partition coefficient (Wildman–Crippen LogP) is 2.86. The highest BCUT2D eigenvalue weighted by molar-refractivity contribution is 5.53. The molecule has 0 bridgehead atoms. The minimum atomic E-state index is -1.83. The number of carboxylic acid groups (broad SMARTS) is 2. The Morgan fingerprint density at radius 2 is 2.13 bits per heavy atom. The highest BCUT2D eigenvalue weighted by Crippen LogP contribution is 2.12. The lowest BCUT2D eigenvalue weighted by Gasteiger charge is -2.11. The van der Waals surface area contributed by atoms with E-state index in [1.165, 1.54) is 19.3 Å². The summed E-state index contributed by atoms with van der Waals surface area (Å²) in [4.78, 5) is 12.6. The Labute approximate surface area is 89.4 Å². The van der Waals surface area contributed by atoms with Gasteiger partial charge < -0.3 is 14.8 Å². The predicted molar refractivity (Wildman–Crippen MR) is 57.1 cm³/mol. The lowest BCUT2D eigenvalue weighted by Crippen LogP contribution is -2.01. The van der Waals surface area contributed by atoms with Crippen LogP contribution in [0.1, 0.15) is 39.2 Å². The topological polar surface area (TPSA) is 75.4 Å². The Balaban J connectivity index is 0.000000423. The first-order chi connectivity index (χ1) is 7.07. The molecule has 5 heteroatoms. The molecular weight excluding hydrogens is 196 g/mol. The van der Waals surface area contributed by atoms with Gasteiger partial charge in [-0.25, -0.2) is 9.78 Å². The molecule has 1 aromatic heterocycles. The van der Waals surface area contributed by atoms with Gasteiger partial charge in [-0.1, -0.05) is 19.8 Å². The highest BCUT2D eigenvalue weighted by Gasteiger charge is 2.00. The molecule has 1 aromatic rings. The summed E-state index contributed by atoms with van der Waals surface area (Å²) in [7, 11) is 0. The zero-order valence-corrected chi connectivity index (χ0v) is 9.13. The molecule has 1 atom stereocenters. The lowest BCUT2D eigenvalue weighted by atomic mass is 10.1. The maximum atomic E-state index is 8.56. The molecule has 0 aliphatic rings. The third kappa shape index (κ3) is 7.54. The second-order valence-electron chi connectivity index (χ2n) is 3.28. The van der Waals surface area contributed by atoms with E-state index in [9.17, 15) is 0 Å². The Hall–Kier alpha value is -1.52. The third-order valence-electron chi connectivity index (χ3n) is 2.01. The van der Waals surface area contributed by atoms with Crippen LogP contribution in [0.2, 0.25) is 0 Å². The first kappa shape index (κ1) is 13.5. The van der Waals surface area contributed by atoms with Gasteiger partial charge in [0.25, 0.3) is 0 Å². The SMILES string of the molecule is CCCCC(C)n1ccnc1.O=C(O)O. The van der Waals surface area contributed by atoms with Crippen LogP contribution in [0.15, 0.2) is 18.7 Å². The first-order valence-corrected chi connectivity index (χ1v) is 4.97. The van der Waals surface area contributed by atoms with E-state index < -0.39 is 6.16 Å². The summed E-state index contributed by atoms with van der Waals surface area (Å²) in [6.45, 7) is 4.46. The molecule has 0 radical (unpaired) electrons. The van der Waals surface area contributed by atoms with E-state index in [1.807, 2.05) is 18.7 Å². The van der Waals surface area contributed by atoms with Crippen LogP contribution >= 0.6 is 0 Å². The molecule has 0 saturated heterocycles. The molecule has 1 unspecified atom stereocenters. The summed E-state index contributed by atoms with van der Waals surface area (Å²) in [5.74, 6) is 0. The summed E-state index contributed by atoms with van der Waals surface area (Å²) in [5, 5.41) is 13.9. The average molecular weight is 214 g/mol. The molecule has 0 aliphatic carbocycles. The van der Waals surface area contributed by atoms with Crippen LogP contribution in [-0.2, 0) is 0 Å². The van der Waals surface area contributed by atoms with E-state index in [4.69, 9.17) is 15.0 Å². The quantitative estimate of drug-likeness (QED) is 0.808. The van der Waals surface area contributed by atoms with Gasteiger partial charge in [0.05, 0.1) is 6.33 Å². The van der Waals surface area contributed by atoms with Gasteiger partial charge >= 0.3 is 6.16 Å².